The minimum Gasteiger partial charge on any atom is -0.480 e. The number of rotatable bonds is 4. The lowest BCUT2D eigenvalue weighted by molar-refractivity contribution is -0.192. The van der Waals surface area contributed by atoms with Crippen molar-refractivity contribution in [2.45, 2.75) is 12.6 Å². The molecule has 0 aliphatic carbocycles. The summed E-state index contributed by atoms with van der Waals surface area (Å²) in [6.45, 7) is 1.43. The van der Waals surface area contributed by atoms with Crippen LogP contribution in [0.3, 0.4) is 0 Å². The normalized spacial score (nSPS) is 15.6. The molecule has 0 aromatic rings. The number of carbonyl (C=O) groups is 3. The summed E-state index contributed by atoms with van der Waals surface area (Å²) in [5, 5.41) is 15.6. The van der Waals surface area contributed by atoms with Gasteiger partial charge in [-0.3, -0.25) is 14.5 Å². The Morgan fingerprint density at radius 2 is 1.70 bits per heavy atom. The summed E-state index contributed by atoms with van der Waals surface area (Å²) in [5.74, 6) is -3.53. The Kier molecular flexibility index (Phi) is 6.97. The molecule has 0 saturated carbocycles. The van der Waals surface area contributed by atoms with Gasteiger partial charge in [0.2, 0.25) is 0 Å². The van der Waals surface area contributed by atoms with E-state index in [-0.39, 0.29) is 18.4 Å². The second-order valence-corrected chi connectivity index (χ2v) is 4.04. The number of likely N-dealkylation sites (tertiary alicyclic amines) is 1. The number of carbonyl (C=O) groups excluding carboxylic acids is 1. The van der Waals surface area contributed by atoms with Crippen LogP contribution in [0.4, 0.5) is 13.2 Å². The van der Waals surface area contributed by atoms with E-state index in [1.165, 1.54) is 7.11 Å². The van der Waals surface area contributed by atoms with Crippen LogP contribution in [0.2, 0.25) is 0 Å². The number of alkyl halides is 3. The number of carboxylic acid groups (broad SMARTS) is 2. The number of methoxy groups -OCH3 is 1. The molecule has 20 heavy (non-hydrogen) atoms. The molecule has 0 aromatic carbocycles. The molecular weight excluding hydrogens is 287 g/mol. The monoisotopic (exact) mass is 301 g/mol. The molecular formula is C10H14F3NO6. The molecule has 1 fully saturated rings. The van der Waals surface area contributed by atoms with Gasteiger partial charge in [-0.2, -0.15) is 13.2 Å². The van der Waals surface area contributed by atoms with Gasteiger partial charge in [0.15, 0.2) is 0 Å². The van der Waals surface area contributed by atoms with E-state index in [0.717, 1.165) is 0 Å². The first-order valence-corrected chi connectivity index (χ1v) is 5.37. The highest BCUT2D eigenvalue weighted by molar-refractivity contribution is 5.73. The third-order valence-electron chi connectivity index (χ3n) is 2.32. The largest absolute Gasteiger partial charge is 0.490 e. The Morgan fingerprint density at radius 3 is 2.00 bits per heavy atom. The van der Waals surface area contributed by atoms with E-state index < -0.39 is 18.1 Å². The summed E-state index contributed by atoms with van der Waals surface area (Å²) in [5.41, 5.74) is 0. The molecule has 0 aromatic heterocycles. The van der Waals surface area contributed by atoms with Crippen molar-refractivity contribution in [1.82, 2.24) is 4.90 Å². The fourth-order valence-electron chi connectivity index (χ4n) is 1.45. The van der Waals surface area contributed by atoms with Crippen LogP contribution >= 0.6 is 0 Å². The highest BCUT2D eigenvalue weighted by atomic mass is 19.4. The van der Waals surface area contributed by atoms with Crippen LogP contribution in [-0.4, -0.2) is 65.9 Å². The summed E-state index contributed by atoms with van der Waals surface area (Å²) in [6.07, 6.45) is -4.69. The maximum absolute atomic E-state index is 10.8. The molecule has 10 heteroatoms. The average Bonchev–Trinajstić information content (AvgIpc) is 2.24. The maximum Gasteiger partial charge on any atom is 0.490 e. The molecule has 1 heterocycles. The highest BCUT2D eigenvalue weighted by Gasteiger charge is 2.38. The summed E-state index contributed by atoms with van der Waals surface area (Å²) in [4.78, 5) is 31.7. The molecule has 0 bridgehead atoms. The molecule has 0 amide bonds. The first-order valence-electron chi connectivity index (χ1n) is 5.37. The fraction of sp³-hybridized carbons (Fsp3) is 0.700. The number of ether oxygens (including phenoxy) is 1. The van der Waals surface area contributed by atoms with Crippen molar-refractivity contribution in [1.29, 1.82) is 0 Å². The Balaban J connectivity index is 0.000000441. The molecule has 1 aliphatic rings. The van der Waals surface area contributed by atoms with Gasteiger partial charge in [-0.05, 0) is 5.92 Å². The van der Waals surface area contributed by atoms with Crippen LogP contribution in [0, 0.1) is 5.92 Å². The second-order valence-electron chi connectivity index (χ2n) is 4.04. The third kappa shape index (κ3) is 7.56. The zero-order chi connectivity index (χ0) is 15.9. The van der Waals surface area contributed by atoms with Crippen LogP contribution in [-0.2, 0) is 19.1 Å². The molecule has 7 nitrogen and oxygen atoms in total. The predicted octanol–water partition coefficient (Wildman–Crippen LogP) is 0.199. The summed E-state index contributed by atoms with van der Waals surface area (Å²) >= 11 is 0. The molecule has 1 rings (SSSR count). The molecule has 0 spiro atoms. The van der Waals surface area contributed by atoms with Crippen molar-refractivity contribution in [2.75, 3.05) is 26.7 Å². The first kappa shape index (κ1) is 18.2. The van der Waals surface area contributed by atoms with E-state index in [1.807, 2.05) is 0 Å². The van der Waals surface area contributed by atoms with Crippen LogP contribution in [0.5, 0.6) is 0 Å². The Morgan fingerprint density at radius 1 is 1.25 bits per heavy atom. The van der Waals surface area contributed by atoms with Gasteiger partial charge in [-0.25, -0.2) is 4.79 Å². The Bertz CT molecular complexity index is 364. The molecule has 1 saturated heterocycles. The van der Waals surface area contributed by atoms with E-state index in [9.17, 15) is 22.8 Å². The first-order chi connectivity index (χ1) is 9.06. The smallest absolute Gasteiger partial charge is 0.480 e. The van der Waals surface area contributed by atoms with Gasteiger partial charge in [0, 0.05) is 13.1 Å². The highest BCUT2D eigenvalue weighted by Crippen LogP contribution is 2.18. The van der Waals surface area contributed by atoms with Crippen molar-refractivity contribution in [3.63, 3.8) is 0 Å². The topological polar surface area (TPSA) is 104 Å². The standard InChI is InChI=1S/C8H13NO4.C2HF3O2/c1-13-8(12)2-6-3-9(4-6)5-7(10)11;3-2(4,5)1(6)7/h6H,2-5H2,1H3,(H,10,11);(H,6,7). The minimum absolute atomic E-state index is 0.0671. The molecule has 0 unspecified atom stereocenters. The Labute approximate surface area is 111 Å². The van der Waals surface area contributed by atoms with Crippen molar-refractivity contribution in [2.24, 2.45) is 5.92 Å². The zero-order valence-electron chi connectivity index (χ0n) is 10.5. The van der Waals surface area contributed by atoms with Gasteiger partial charge in [0.05, 0.1) is 20.1 Å². The predicted molar refractivity (Wildman–Crippen MR) is 57.9 cm³/mol. The lowest BCUT2D eigenvalue weighted by Gasteiger charge is -2.37. The van der Waals surface area contributed by atoms with Crippen LogP contribution in [0.15, 0.2) is 0 Å². The maximum atomic E-state index is 10.8. The summed E-state index contributed by atoms with van der Waals surface area (Å²) in [6, 6.07) is 0. The van der Waals surface area contributed by atoms with Gasteiger partial charge < -0.3 is 14.9 Å². The van der Waals surface area contributed by atoms with Gasteiger partial charge in [-0.15, -0.1) is 0 Å². The quantitative estimate of drug-likeness (QED) is 0.715. The van der Waals surface area contributed by atoms with Crippen molar-refractivity contribution >= 4 is 17.9 Å². The number of aliphatic carboxylic acids is 2. The van der Waals surface area contributed by atoms with Crippen LogP contribution in [0.1, 0.15) is 6.42 Å². The number of hydrogen-bond donors (Lipinski definition) is 2. The summed E-state index contributed by atoms with van der Waals surface area (Å²) in [7, 11) is 1.36. The molecule has 2 N–H and O–H groups in total. The fourth-order valence-corrected chi connectivity index (χ4v) is 1.45. The van der Waals surface area contributed by atoms with Crippen LogP contribution < -0.4 is 0 Å². The number of hydrogen-bond acceptors (Lipinski definition) is 5. The summed E-state index contributed by atoms with van der Waals surface area (Å²) < 4.78 is 36.2. The Hall–Kier alpha value is -1.84. The molecule has 0 radical (unpaired) electrons. The number of nitrogens with zero attached hydrogens (tertiary/aromatic N) is 1. The number of carboxylic acids is 2. The second kappa shape index (κ2) is 7.68. The zero-order valence-corrected chi connectivity index (χ0v) is 10.5. The van der Waals surface area contributed by atoms with Crippen molar-refractivity contribution in [3.8, 4) is 0 Å². The van der Waals surface area contributed by atoms with Gasteiger partial charge in [0.1, 0.15) is 0 Å². The van der Waals surface area contributed by atoms with E-state index in [2.05, 4.69) is 4.74 Å². The van der Waals surface area contributed by atoms with Crippen molar-refractivity contribution < 1.29 is 42.5 Å². The lowest BCUT2D eigenvalue weighted by Crippen LogP contribution is -2.49. The molecule has 116 valence electrons. The van der Waals surface area contributed by atoms with E-state index in [1.54, 1.807) is 4.90 Å². The van der Waals surface area contributed by atoms with Crippen LogP contribution in [0.25, 0.3) is 0 Å². The lowest BCUT2D eigenvalue weighted by atomic mass is 9.96. The molecule has 0 atom stereocenters. The minimum atomic E-state index is -5.08. The van der Waals surface area contributed by atoms with Gasteiger partial charge in [0.25, 0.3) is 0 Å². The third-order valence-corrected chi connectivity index (χ3v) is 2.32. The van der Waals surface area contributed by atoms with E-state index in [4.69, 9.17) is 15.0 Å². The average molecular weight is 301 g/mol. The molecule has 1 aliphatic heterocycles. The number of esters is 1. The van der Waals surface area contributed by atoms with E-state index >= 15 is 0 Å². The van der Waals surface area contributed by atoms with Gasteiger partial charge >= 0.3 is 24.1 Å². The van der Waals surface area contributed by atoms with Gasteiger partial charge in [-0.1, -0.05) is 0 Å². The number of halogens is 3. The van der Waals surface area contributed by atoms with Crippen molar-refractivity contribution in [3.05, 3.63) is 0 Å². The SMILES string of the molecule is COC(=O)CC1CN(CC(=O)O)C1.O=C(O)C(F)(F)F. The van der Waals surface area contributed by atoms with E-state index in [0.29, 0.717) is 19.5 Å².